The summed E-state index contributed by atoms with van der Waals surface area (Å²) in [4.78, 5) is 2.45. The Morgan fingerprint density at radius 1 is 0.339 bits per heavy atom. The largest absolute Gasteiger partial charge is 0.310 e. The number of rotatable bonds is 5. The topological polar surface area (TPSA) is 3.24 Å². The predicted octanol–water partition coefficient (Wildman–Crippen LogP) is 15.4. The van der Waals surface area contributed by atoms with Gasteiger partial charge in [0.25, 0.3) is 0 Å². The van der Waals surface area contributed by atoms with E-state index in [0.29, 0.717) is 0 Å². The maximum absolute atomic E-state index is 2.45. The minimum atomic E-state index is -0.0616. The van der Waals surface area contributed by atoms with E-state index in [1.807, 2.05) is 0 Å². The van der Waals surface area contributed by atoms with Crippen molar-refractivity contribution in [2.75, 3.05) is 4.90 Å². The maximum atomic E-state index is 2.45. The molecular weight excluding hydrogens is 675 g/mol. The van der Waals surface area contributed by atoms with Crippen LogP contribution in [0.1, 0.15) is 25.0 Å². The number of benzene rings is 10. The molecule has 10 aromatic carbocycles. The fourth-order valence-electron chi connectivity index (χ4n) is 9.43. The van der Waals surface area contributed by atoms with Crippen molar-refractivity contribution in [3.8, 4) is 33.4 Å². The summed E-state index contributed by atoms with van der Waals surface area (Å²) in [6.07, 6.45) is 0. The van der Waals surface area contributed by atoms with Crippen molar-refractivity contribution in [1.29, 1.82) is 0 Å². The number of fused-ring (bicyclic) bond motifs is 10. The average Bonchev–Trinajstić information content (AvgIpc) is 3.49. The molecule has 0 spiro atoms. The summed E-state index contributed by atoms with van der Waals surface area (Å²) < 4.78 is 0. The predicted molar refractivity (Wildman–Crippen MR) is 240 cm³/mol. The molecule has 11 rings (SSSR count). The molecule has 10 aromatic rings. The smallest absolute Gasteiger partial charge is 0.0540 e. The number of nitrogens with zero attached hydrogens (tertiary/aromatic N) is 1. The lowest BCUT2D eigenvalue weighted by atomic mass is 9.82. The molecule has 0 saturated heterocycles. The summed E-state index contributed by atoms with van der Waals surface area (Å²) in [5.74, 6) is 0. The third-order valence-electron chi connectivity index (χ3n) is 12.2. The summed E-state index contributed by atoms with van der Waals surface area (Å²) in [6, 6.07) is 74.0. The Morgan fingerprint density at radius 3 is 1.66 bits per heavy atom. The normalized spacial score (nSPS) is 13.0. The zero-order valence-corrected chi connectivity index (χ0v) is 31.5. The Bertz CT molecular complexity index is 3140. The van der Waals surface area contributed by atoms with E-state index < -0.39 is 0 Å². The van der Waals surface area contributed by atoms with Gasteiger partial charge in [-0.15, -0.1) is 0 Å². The van der Waals surface area contributed by atoms with E-state index in [2.05, 4.69) is 219 Å². The third kappa shape index (κ3) is 5.01. The van der Waals surface area contributed by atoms with Crippen molar-refractivity contribution < 1.29 is 0 Å². The molecule has 56 heavy (non-hydrogen) atoms. The Morgan fingerprint density at radius 2 is 0.875 bits per heavy atom. The molecular formula is C55H39N. The third-order valence-corrected chi connectivity index (χ3v) is 12.2. The first kappa shape index (κ1) is 32.5. The van der Waals surface area contributed by atoms with Crippen LogP contribution in [0, 0.1) is 0 Å². The second-order valence-electron chi connectivity index (χ2n) is 15.7. The lowest BCUT2D eigenvalue weighted by molar-refractivity contribution is 0.660. The van der Waals surface area contributed by atoms with E-state index in [0.717, 1.165) is 17.1 Å². The van der Waals surface area contributed by atoms with E-state index in [1.165, 1.54) is 87.6 Å². The summed E-state index contributed by atoms with van der Waals surface area (Å²) >= 11 is 0. The second-order valence-corrected chi connectivity index (χ2v) is 15.7. The maximum Gasteiger partial charge on any atom is 0.0540 e. The zero-order chi connectivity index (χ0) is 37.4. The van der Waals surface area contributed by atoms with Crippen LogP contribution in [0.2, 0.25) is 0 Å². The van der Waals surface area contributed by atoms with E-state index in [4.69, 9.17) is 0 Å². The fraction of sp³-hybridized carbons (Fsp3) is 0.0545. The molecule has 0 radical (unpaired) electrons. The van der Waals surface area contributed by atoms with E-state index >= 15 is 0 Å². The minimum absolute atomic E-state index is 0.0616. The van der Waals surface area contributed by atoms with Gasteiger partial charge < -0.3 is 4.90 Å². The highest BCUT2D eigenvalue weighted by Gasteiger charge is 2.35. The molecule has 0 N–H and O–H groups in total. The molecule has 1 aliphatic rings. The zero-order valence-electron chi connectivity index (χ0n) is 31.5. The SMILES string of the molecule is CC1(C)c2ccccc2-c2cc(N(c3ccc(-c4ccccc4)cc3)c3ccccc3-c3ccc4ccc5ccc6ccc7ccccc7c6c5c4c3)ccc21. The van der Waals surface area contributed by atoms with E-state index in [-0.39, 0.29) is 5.41 Å². The van der Waals surface area contributed by atoms with Crippen LogP contribution in [-0.2, 0) is 5.41 Å². The molecule has 0 aromatic heterocycles. The summed E-state index contributed by atoms with van der Waals surface area (Å²) in [5.41, 5.74) is 13.5. The van der Waals surface area contributed by atoms with Crippen LogP contribution in [0.3, 0.4) is 0 Å². The first-order valence-corrected chi connectivity index (χ1v) is 19.6. The van der Waals surface area contributed by atoms with Gasteiger partial charge in [-0.1, -0.05) is 178 Å². The van der Waals surface area contributed by atoms with Crippen molar-refractivity contribution in [3.05, 3.63) is 211 Å². The van der Waals surface area contributed by atoms with Gasteiger partial charge in [0, 0.05) is 22.4 Å². The Balaban J connectivity index is 1.14. The van der Waals surface area contributed by atoms with Gasteiger partial charge >= 0.3 is 0 Å². The van der Waals surface area contributed by atoms with Gasteiger partial charge in [-0.2, -0.15) is 0 Å². The van der Waals surface area contributed by atoms with Gasteiger partial charge in [0.05, 0.1) is 5.69 Å². The Labute approximate surface area is 327 Å². The van der Waals surface area contributed by atoms with Crippen LogP contribution in [0.25, 0.3) is 76.5 Å². The molecule has 1 aliphatic carbocycles. The number of para-hydroxylation sites is 1. The molecule has 0 bridgehead atoms. The van der Waals surface area contributed by atoms with Crippen molar-refractivity contribution in [1.82, 2.24) is 0 Å². The summed E-state index contributed by atoms with van der Waals surface area (Å²) in [7, 11) is 0. The van der Waals surface area contributed by atoms with Gasteiger partial charge in [-0.3, -0.25) is 0 Å². The van der Waals surface area contributed by atoms with Gasteiger partial charge in [-0.25, -0.2) is 0 Å². The summed E-state index contributed by atoms with van der Waals surface area (Å²) in [5, 5.41) is 10.2. The summed E-state index contributed by atoms with van der Waals surface area (Å²) in [6.45, 7) is 4.70. The van der Waals surface area contributed by atoms with Crippen LogP contribution in [-0.4, -0.2) is 0 Å². The van der Waals surface area contributed by atoms with Crippen LogP contribution in [0.4, 0.5) is 17.1 Å². The van der Waals surface area contributed by atoms with Gasteiger partial charge in [0.15, 0.2) is 0 Å². The highest BCUT2D eigenvalue weighted by molar-refractivity contribution is 6.27. The molecule has 0 aliphatic heterocycles. The molecule has 0 saturated carbocycles. The molecule has 0 fully saturated rings. The molecule has 0 atom stereocenters. The number of hydrogen-bond acceptors (Lipinski definition) is 1. The first-order valence-electron chi connectivity index (χ1n) is 19.6. The average molecular weight is 714 g/mol. The highest BCUT2D eigenvalue weighted by Crippen LogP contribution is 2.51. The van der Waals surface area contributed by atoms with Gasteiger partial charge in [0.1, 0.15) is 0 Å². The lowest BCUT2D eigenvalue weighted by Gasteiger charge is -2.29. The van der Waals surface area contributed by atoms with Crippen LogP contribution >= 0.6 is 0 Å². The van der Waals surface area contributed by atoms with Crippen molar-refractivity contribution in [2.24, 2.45) is 0 Å². The molecule has 0 unspecified atom stereocenters. The van der Waals surface area contributed by atoms with Crippen LogP contribution in [0.15, 0.2) is 200 Å². The highest BCUT2D eigenvalue weighted by atomic mass is 15.1. The first-order chi connectivity index (χ1) is 27.5. The molecule has 0 heterocycles. The van der Waals surface area contributed by atoms with Crippen LogP contribution < -0.4 is 4.90 Å². The van der Waals surface area contributed by atoms with Crippen molar-refractivity contribution in [2.45, 2.75) is 19.3 Å². The van der Waals surface area contributed by atoms with E-state index in [9.17, 15) is 0 Å². The van der Waals surface area contributed by atoms with Crippen LogP contribution in [0.5, 0.6) is 0 Å². The molecule has 264 valence electrons. The minimum Gasteiger partial charge on any atom is -0.310 e. The van der Waals surface area contributed by atoms with Gasteiger partial charge in [0.2, 0.25) is 0 Å². The fourth-order valence-corrected chi connectivity index (χ4v) is 9.43. The van der Waals surface area contributed by atoms with Crippen molar-refractivity contribution >= 4 is 60.2 Å². The monoisotopic (exact) mass is 713 g/mol. The molecule has 1 heteroatoms. The van der Waals surface area contributed by atoms with E-state index in [1.54, 1.807) is 0 Å². The van der Waals surface area contributed by atoms with Gasteiger partial charge in [-0.05, 0) is 118 Å². The Kier molecular flexibility index (Phi) is 7.28. The number of anilines is 3. The Hall–Kier alpha value is -6.96. The standard InChI is InChI=1S/C55H39N/c1-55(2)50-18-10-8-17-47(50)49-35-44(32-33-51(49)55)56(43-30-28-37(29-31-43)36-12-4-3-5-13-36)52-19-11-9-15-45(52)42-27-22-39-21-24-41-26-25-40-23-20-38-14-6-7-16-46(38)53(40)54(41)48(39)34-42/h3-35H,1-2H3. The van der Waals surface area contributed by atoms with Crippen molar-refractivity contribution in [3.63, 3.8) is 0 Å². The molecule has 1 nitrogen and oxygen atoms in total. The quantitative estimate of drug-likeness (QED) is 0.161. The molecule has 0 amide bonds. The lowest BCUT2D eigenvalue weighted by Crippen LogP contribution is -2.15. The number of hydrogen-bond donors (Lipinski definition) is 0. The second kappa shape index (κ2) is 12.5.